The molecule has 0 radical (unpaired) electrons. The molecule has 0 atom stereocenters. The van der Waals surface area contributed by atoms with Crippen molar-refractivity contribution in [2.24, 2.45) is 0 Å². The molecule has 2 aromatic carbocycles. The van der Waals surface area contributed by atoms with E-state index in [1.807, 2.05) is 0 Å². The van der Waals surface area contributed by atoms with Crippen molar-refractivity contribution in [3.63, 3.8) is 0 Å². The standard InChI is InChI=1S/C20H21ClN2O4S/c1-2-12-27-17-7-5-6-16(14-17)22-20(24)15-8-9-18(21)19(13-15)28(25,26)23-10-3-4-11-23/h2,5-9,13-14H,1,3-4,10-12H2,(H,22,24). The number of carbonyl (C=O) groups is 1. The van der Waals surface area contributed by atoms with Crippen LogP contribution in [0.4, 0.5) is 5.69 Å². The molecule has 6 nitrogen and oxygen atoms in total. The van der Waals surface area contributed by atoms with Gasteiger partial charge in [0, 0.05) is 30.4 Å². The van der Waals surface area contributed by atoms with Crippen molar-refractivity contribution in [3.05, 3.63) is 65.7 Å². The third-order valence-electron chi connectivity index (χ3n) is 4.34. The zero-order valence-electron chi connectivity index (χ0n) is 15.2. The highest BCUT2D eigenvalue weighted by Gasteiger charge is 2.29. The Bertz CT molecular complexity index is 985. The van der Waals surface area contributed by atoms with Crippen molar-refractivity contribution < 1.29 is 17.9 Å². The van der Waals surface area contributed by atoms with Gasteiger partial charge in [0.15, 0.2) is 0 Å². The van der Waals surface area contributed by atoms with Gasteiger partial charge >= 0.3 is 0 Å². The van der Waals surface area contributed by atoms with Crippen molar-refractivity contribution in [3.8, 4) is 5.75 Å². The Labute approximate surface area is 169 Å². The average molecular weight is 421 g/mol. The third kappa shape index (κ3) is 4.55. The van der Waals surface area contributed by atoms with Gasteiger partial charge in [-0.2, -0.15) is 4.31 Å². The van der Waals surface area contributed by atoms with Gasteiger partial charge in [-0.3, -0.25) is 4.79 Å². The Balaban J connectivity index is 1.82. The first kappa shape index (κ1) is 20.4. The molecule has 148 valence electrons. The lowest BCUT2D eigenvalue weighted by Crippen LogP contribution is -2.28. The first-order chi connectivity index (χ1) is 13.4. The fourth-order valence-corrected chi connectivity index (χ4v) is 4.95. The van der Waals surface area contributed by atoms with Crippen LogP contribution in [0.15, 0.2) is 60.0 Å². The van der Waals surface area contributed by atoms with E-state index in [9.17, 15) is 13.2 Å². The van der Waals surface area contributed by atoms with E-state index in [1.165, 1.54) is 22.5 Å². The second-order valence-electron chi connectivity index (χ2n) is 6.34. The quantitative estimate of drug-likeness (QED) is 0.688. The number of hydrogen-bond donors (Lipinski definition) is 1. The maximum absolute atomic E-state index is 12.8. The fourth-order valence-electron chi connectivity index (χ4n) is 2.93. The topological polar surface area (TPSA) is 75.7 Å². The highest BCUT2D eigenvalue weighted by atomic mass is 35.5. The number of amides is 1. The van der Waals surface area contributed by atoms with Crippen LogP contribution in [0.25, 0.3) is 0 Å². The van der Waals surface area contributed by atoms with E-state index in [-0.39, 0.29) is 15.5 Å². The highest BCUT2D eigenvalue weighted by molar-refractivity contribution is 7.89. The summed E-state index contributed by atoms with van der Waals surface area (Å²) in [5, 5.41) is 2.85. The molecular weight excluding hydrogens is 400 g/mol. The Morgan fingerprint density at radius 2 is 1.96 bits per heavy atom. The highest BCUT2D eigenvalue weighted by Crippen LogP contribution is 2.28. The zero-order valence-corrected chi connectivity index (χ0v) is 16.8. The number of halogens is 1. The molecule has 0 aromatic heterocycles. The number of nitrogens with zero attached hydrogens (tertiary/aromatic N) is 1. The van der Waals surface area contributed by atoms with Gasteiger partial charge in [-0.05, 0) is 43.2 Å². The fraction of sp³-hybridized carbons (Fsp3) is 0.250. The summed E-state index contributed by atoms with van der Waals surface area (Å²) in [4.78, 5) is 12.6. The Morgan fingerprint density at radius 3 is 2.68 bits per heavy atom. The number of nitrogens with one attached hydrogen (secondary N) is 1. The Hall–Kier alpha value is -2.35. The van der Waals surface area contributed by atoms with Gasteiger partial charge < -0.3 is 10.1 Å². The molecule has 0 aliphatic carbocycles. The summed E-state index contributed by atoms with van der Waals surface area (Å²) in [5.41, 5.74) is 0.741. The normalized spacial score (nSPS) is 14.6. The predicted octanol–water partition coefficient (Wildman–Crippen LogP) is 3.94. The molecule has 0 saturated carbocycles. The molecule has 1 aliphatic heterocycles. The van der Waals surface area contributed by atoms with E-state index >= 15 is 0 Å². The first-order valence-electron chi connectivity index (χ1n) is 8.86. The van der Waals surface area contributed by atoms with Gasteiger partial charge in [0.05, 0.1) is 5.02 Å². The molecule has 28 heavy (non-hydrogen) atoms. The molecule has 1 fully saturated rings. The van der Waals surface area contributed by atoms with E-state index in [4.69, 9.17) is 16.3 Å². The largest absolute Gasteiger partial charge is 0.489 e. The molecule has 0 spiro atoms. The maximum Gasteiger partial charge on any atom is 0.255 e. The Morgan fingerprint density at radius 1 is 1.21 bits per heavy atom. The number of anilines is 1. The summed E-state index contributed by atoms with van der Waals surface area (Å²) in [6, 6.07) is 11.2. The summed E-state index contributed by atoms with van der Waals surface area (Å²) in [5.74, 6) is 0.154. The first-order valence-corrected chi connectivity index (χ1v) is 10.7. The molecule has 1 amide bonds. The second-order valence-corrected chi connectivity index (χ2v) is 8.65. The van der Waals surface area contributed by atoms with E-state index in [1.54, 1.807) is 30.3 Å². The molecule has 2 aromatic rings. The van der Waals surface area contributed by atoms with Gasteiger partial charge in [0.2, 0.25) is 10.0 Å². The maximum atomic E-state index is 12.8. The Kier molecular flexibility index (Phi) is 6.39. The number of rotatable bonds is 7. The lowest BCUT2D eigenvalue weighted by molar-refractivity contribution is 0.102. The molecule has 1 saturated heterocycles. The van der Waals surface area contributed by atoms with E-state index in [0.29, 0.717) is 31.1 Å². The summed E-state index contributed by atoms with van der Waals surface area (Å²) < 4.78 is 32.5. The number of sulfonamides is 1. The van der Waals surface area contributed by atoms with Gasteiger partial charge in [-0.25, -0.2) is 8.42 Å². The van der Waals surface area contributed by atoms with E-state index in [0.717, 1.165) is 12.8 Å². The van der Waals surface area contributed by atoms with Gasteiger partial charge in [-0.1, -0.05) is 30.3 Å². The van der Waals surface area contributed by atoms with Crippen molar-refractivity contribution in [2.75, 3.05) is 25.0 Å². The SMILES string of the molecule is C=CCOc1cccc(NC(=O)c2ccc(Cl)c(S(=O)(=O)N3CCCC3)c2)c1. The van der Waals surface area contributed by atoms with Crippen LogP contribution in [0, 0.1) is 0 Å². The minimum atomic E-state index is -3.72. The second kappa shape index (κ2) is 8.77. The van der Waals surface area contributed by atoms with Crippen LogP contribution < -0.4 is 10.1 Å². The van der Waals surface area contributed by atoms with Crippen molar-refractivity contribution >= 4 is 33.2 Å². The molecule has 8 heteroatoms. The van der Waals surface area contributed by atoms with Crippen LogP contribution in [0.2, 0.25) is 5.02 Å². The predicted molar refractivity (Wildman–Crippen MR) is 110 cm³/mol. The lowest BCUT2D eigenvalue weighted by Gasteiger charge is -2.17. The van der Waals surface area contributed by atoms with Crippen LogP contribution >= 0.6 is 11.6 Å². The molecule has 0 bridgehead atoms. The molecular formula is C20H21ClN2O4S. The smallest absolute Gasteiger partial charge is 0.255 e. The third-order valence-corrected chi connectivity index (χ3v) is 6.72. The van der Waals surface area contributed by atoms with Crippen molar-refractivity contribution in [2.45, 2.75) is 17.7 Å². The van der Waals surface area contributed by atoms with Gasteiger partial charge in [-0.15, -0.1) is 0 Å². The summed E-state index contributed by atoms with van der Waals surface area (Å²) in [6.45, 7) is 4.87. The van der Waals surface area contributed by atoms with Crippen molar-refractivity contribution in [1.82, 2.24) is 4.31 Å². The van der Waals surface area contributed by atoms with E-state index in [2.05, 4.69) is 11.9 Å². The van der Waals surface area contributed by atoms with Crippen LogP contribution in [0.5, 0.6) is 5.75 Å². The summed E-state index contributed by atoms with van der Waals surface area (Å²) in [6.07, 6.45) is 3.27. The lowest BCUT2D eigenvalue weighted by atomic mass is 10.2. The zero-order chi connectivity index (χ0) is 20.1. The molecule has 0 unspecified atom stereocenters. The molecule has 3 rings (SSSR count). The molecule has 1 heterocycles. The average Bonchev–Trinajstić information content (AvgIpc) is 3.22. The molecule has 1 N–H and O–H groups in total. The number of ether oxygens (including phenoxy) is 1. The van der Waals surface area contributed by atoms with Crippen LogP contribution in [-0.2, 0) is 10.0 Å². The van der Waals surface area contributed by atoms with Gasteiger partial charge in [0.25, 0.3) is 5.91 Å². The van der Waals surface area contributed by atoms with Gasteiger partial charge in [0.1, 0.15) is 17.3 Å². The van der Waals surface area contributed by atoms with Crippen LogP contribution in [0.3, 0.4) is 0 Å². The minimum absolute atomic E-state index is 0.0493. The van der Waals surface area contributed by atoms with Crippen LogP contribution in [0.1, 0.15) is 23.2 Å². The molecule has 1 aliphatic rings. The minimum Gasteiger partial charge on any atom is -0.489 e. The number of hydrogen-bond acceptors (Lipinski definition) is 4. The number of carbonyl (C=O) groups excluding carboxylic acids is 1. The summed E-state index contributed by atoms with van der Waals surface area (Å²) >= 11 is 6.13. The monoisotopic (exact) mass is 420 g/mol. The number of benzene rings is 2. The van der Waals surface area contributed by atoms with Crippen LogP contribution in [-0.4, -0.2) is 38.3 Å². The summed E-state index contributed by atoms with van der Waals surface area (Å²) in [7, 11) is -3.72. The van der Waals surface area contributed by atoms with Crippen molar-refractivity contribution in [1.29, 1.82) is 0 Å². The van der Waals surface area contributed by atoms with E-state index < -0.39 is 15.9 Å².